The first kappa shape index (κ1) is 12.7. The summed E-state index contributed by atoms with van der Waals surface area (Å²) in [5.74, 6) is -0.396. The van der Waals surface area contributed by atoms with Gasteiger partial charge in [0, 0.05) is 0 Å². The average molecular weight is 251 g/mol. The Labute approximate surface area is 104 Å². The van der Waals surface area contributed by atoms with Crippen molar-refractivity contribution < 1.29 is 14.6 Å². The van der Waals surface area contributed by atoms with E-state index < -0.39 is 17.5 Å². The summed E-state index contributed by atoms with van der Waals surface area (Å²) >= 11 is 0. The molecule has 18 heavy (non-hydrogen) atoms. The van der Waals surface area contributed by atoms with Gasteiger partial charge >= 0.3 is 0 Å². The van der Waals surface area contributed by atoms with E-state index in [2.05, 4.69) is 10.1 Å². The van der Waals surface area contributed by atoms with Crippen LogP contribution in [0.25, 0.3) is 0 Å². The van der Waals surface area contributed by atoms with Crippen LogP contribution in [0.2, 0.25) is 0 Å². The third kappa shape index (κ3) is 2.39. The van der Waals surface area contributed by atoms with E-state index in [1.807, 2.05) is 0 Å². The second-order valence-corrected chi connectivity index (χ2v) is 4.20. The fraction of sp³-hybridized carbons (Fsp3) is 0.333. The molecule has 0 amide bonds. The molecule has 1 aromatic heterocycles. The summed E-state index contributed by atoms with van der Waals surface area (Å²) in [7, 11) is 0. The molecule has 1 heterocycles. The average Bonchev–Trinajstić information content (AvgIpc) is 2.82. The fourth-order valence-corrected chi connectivity index (χ4v) is 1.76. The van der Waals surface area contributed by atoms with Gasteiger partial charge in [0.2, 0.25) is 0 Å². The number of halogens is 1. The lowest BCUT2D eigenvalue weighted by atomic mass is 9.89. The first-order chi connectivity index (χ1) is 8.52. The lowest BCUT2D eigenvalue weighted by Gasteiger charge is -2.31. The zero-order valence-electron chi connectivity index (χ0n) is 9.86. The van der Waals surface area contributed by atoms with Crippen molar-refractivity contribution in [2.24, 2.45) is 0 Å². The minimum Gasteiger partial charge on any atom is -0.390 e. The largest absolute Gasteiger partial charge is 0.390 e. The molecule has 0 spiro atoms. The Morgan fingerprint density at radius 3 is 2.56 bits per heavy atom. The molecule has 2 rings (SSSR count). The van der Waals surface area contributed by atoms with Crippen molar-refractivity contribution in [1.82, 2.24) is 14.8 Å². The molecule has 0 aliphatic heterocycles. The molecule has 6 heteroatoms. The third-order valence-corrected chi connectivity index (χ3v) is 2.90. The molecule has 0 unspecified atom stereocenters. The van der Waals surface area contributed by atoms with Crippen LogP contribution in [0.5, 0.6) is 0 Å². The number of nitrogens with zero attached hydrogens (tertiary/aromatic N) is 3. The SMILES string of the molecule is C[C@H](O)[C@](O)(Cn1cncn1)c1ccc(F)cc1. The third-order valence-electron chi connectivity index (χ3n) is 2.90. The van der Waals surface area contributed by atoms with Crippen molar-refractivity contribution in [3.63, 3.8) is 0 Å². The number of aliphatic hydroxyl groups excluding tert-OH is 1. The van der Waals surface area contributed by atoms with E-state index in [0.717, 1.165) is 0 Å². The van der Waals surface area contributed by atoms with E-state index in [9.17, 15) is 14.6 Å². The summed E-state index contributed by atoms with van der Waals surface area (Å²) in [6.45, 7) is 1.51. The first-order valence-corrected chi connectivity index (χ1v) is 5.51. The molecule has 0 fully saturated rings. The summed E-state index contributed by atoms with van der Waals surface area (Å²) in [5, 5.41) is 24.2. The van der Waals surface area contributed by atoms with E-state index in [-0.39, 0.29) is 6.54 Å². The zero-order valence-corrected chi connectivity index (χ0v) is 9.86. The van der Waals surface area contributed by atoms with E-state index in [1.165, 1.54) is 48.5 Å². The van der Waals surface area contributed by atoms with Crippen LogP contribution in [-0.2, 0) is 12.1 Å². The second-order valence-electron chi connectivity index (χ2n) is 4.20. The van der Waals surface area contributed by atoms with Crippen LogP contribution < -0.4 is 0 Å². The molecule has 0 aliphatic rings. The molecule has 2 atom stereocenters. The van der Waals surface area contributed by atoms with E-state index in [4.69, 9.17) is 0 Å². The molecule has 0 bridgehead atoms. The molecule has 0 aliphatic carbocycles. The van der Waals surface area contributed by atoms with Crippen molar-refractivity contribution >= 4 is 0 Å². The highest BCUT2D eigenvalue weighted by molar-refractivity contribution is 5.24. The number of rotatable bonds is 4. The molecule has 96 valence electrons. The standard InChI is InChI=1S/C12H14FN3O2/c1-9(17)12(18,6-16-8-14-7-15-16)10-2-4-11(13)5-3-10/h2-5,7-9,17-18H,6H2,1H3/t9-,12+/m0/s1. The van der Waals surface area contributed by atoms with Crippen LogP contribution in [0.3, 0.4) is 0 Å². The van der Waals surface area contributed by atoms with Gasteiger partial charge in [-0.25, -0.2) is 14.1 Å². The molecule has 0 saturated carbocycles. The van der Waals surface area contributed by atoms with Crippen LogP contribution >= 0.6 is 0 Å². The Morgan fingerprint density at radius 2 is 2.06 bits per heavy atom. The lowest BCUT2D eigenvalue weighted by molar-refractivity contribution is -0.0852. The molecular formula is C12H14FN3O2. The van der Waals surface area contributed by atoms with Gasteiger partial charge in [-0.15, -0.1) is 0 Å². The fourth-order valence-electron chi connectivity index (χ4n) is 1.76. The van der Waals surface area contributed by atoms with E-state index in [1.54, 1.807) is 0 Å². The minimum absolute atomic E-state index is 0.0380. The molecule has 1 aromatic carbocycles. The van der Waals surface area contributed by atoms with Gasteiger partial charge in [0.1, 0.15) is 24.1 Å². The van der Waals surface area contributed by atoms with Crippen LogP contribution in [0.1, 0.15) is 12.5 Å². The van der Waals surface area contributed by atoms with Crippen molar-refractivity contribution in [3.8, 4) is 0 Å². The van der Waals surface area contributed by atoms with E-state index >= 15 is 0 Å². The normalized spacial score (nSPS) is 16.2. The van der Waals surface area contributed by atoms with Crippen molar-refractivity contribution in [1.29, 1.82) is 0 Å². The maximum absolute atomic E-state index is 12.9. The molecule has 2 N–H and O–H groups in total. The molecule has 0 saturated heterocycles. The summed E-state index contributed by atoms with van der Waals surface area (Å²) in [5.41, 5.74) is -1.11. The first-order valence-electron chi connectivity index (χ1n) is 5.51. The van der Waals surface area contributed by atoms with Gasteiger partial charge in [-0.1, -0.05) is 12.1 Å². The molecular weight excluding hydrogens is 237 g/mol. The summed E-state index contributed by atoms with van der Waals surface area (Å²) < 4.78 is 14.3. The van der Waals surface area contributed by atoms with Crippen molar-refractivity contribution in [2.75, 3.05) is 0 Å². The Balaban J connectivity index is 2.34. The maximum Gasteiger partial charge on any atom is 0.137 e. The van der Waals surface area contributed by atoms with Gasteiger partial charge < -0.3 is 10.2 Å². The summed E-state index contributed by atoms with van der Waals surface area (Å²) in [4.78, 5) is 3.77. The Morgan fingerprint density at radius 1 is 1.39 bits per heavy atom. The van der Waals surface area contributed by atoms with Crippen LogP contribution in [-0.4, -0.2) is 31.1 Å². The highest BCUT2D eigenvalue weighted by Gasteiger charge is 2.35. The number of hydrogen-bond donors (Lipinski definition) is 2. The summed E-state index contributed by atoms with van der Waals surface area (Å²) in [6.07, 6.45) is 1.75. The lowest BCUT2D eigenvalue weighted by Crippen LogP contribution is -2.41. The van der Waals surface area contributed by atoms with Gasteiger partial charge in [-0.05, 0) is 24.6 Å². The van der Waals surface area contributed by atoms with Gasteiger partial charge in [0.05, 0.1) is 12.6 Å². The van der Waals surface area contributed by atoms with Crippen LogP contribution in [0.15, 0.2) is 36.9 Å². The topological polar surface area (TPSA) is 71.2 Å². The molecule has 2 aromatic rings. The monoisotopic (exact) mass is 251 g/mol. The minimum atomic E-state index is -1.54. The summed E-state index contributed by atoms with van der Waals surface area (Å²) in [6, 6.07) is 5.37. The number of aromatic nitrogens is 3. The number of aliphatic hydroxyl groups is 2. The maximum atomic E-state index is 12.9. The van der Waals surface area contributed by atoms with Crippen LogP contribution in [0.4, 0.5) is 4.39 Å². The Kier molecular flexibility index (Phi) is 3.40. The molecule has 5 nitrogen and oxygen atoms in total. The molecule has 0 radical (unpaired) electrons. The zero-order chi connectivity index (χ0) is 13.2. The second kappa shape index (κ2) is 4.83. The Hall–Kier alpha value is -1.79. The van der Waals surface area contributed by atoms with Crippen LogP contribution in [0, 0.1) is 5.82 Å². The van der Waals surface area contributed by atoms with Gasteiger partial charge in [0.25, 0.3) is 0 Å². The highest BCUT2D eigenvalue weighted by Crippen LogP contribution is 2.27. The smallest absolute Gasteiger partial charge is 0.137 e. The highest BCUT2D eigenvalue weighted by atomic mass is 19.1. The van der Waals surface area contributed by atoms with Crippen molar-refractivity contribution in [2.45, 2.75) is 25.2 Å². The predicted octanol–water partition coefficient (Wildman–Crippen LogP) is 0.686. The van der Waals surface area contributed by atoms with Crippen molar-refractivity contribution in [3.05, 3.63) is 48.3 Å². The van der Waals surface area contributed by atoms with E-state index in [0.29, 0.717) is 5.56 Å². The Bertz CT molecular complexity index is 499. The predicted molar refractivity (Wildman–Crippen MR) is 62.0 cm³/mol. The van der Waals surface area contributed by atoms with Gasteiger partial charge in [-0.2, -0.15) is 5.10 Å². The van der Waals surface area contributed by atoms with Gasteiger partial charge in [-0.3, -0.25) is 0 Å². The number of hydrogen-bond acceptors (Lipinski definition) is 4. The number of benzene rings is 1. The quantitative estimate of drug-likeness (QED) is 0.838. The van der Waals surface area contributed by atoms with Gasteiger partial charge in [0.15, 0.2) is 0 Å².